The highest BCUT2D eigenvalue weighted by Crippen LogP contribution is 2.34. The van der Waals surface area contributed by atoms with Crippen LogP contribution in [-0.4, -0.2) is 17.7 Å². The van der Waals surface area contributed by atoms with Crippen LogP contribution in [0.3, 0.4) is 0 Å². The summed E-state index contributed by atoms with van der Waals surface area (Å²) in [4.78, 5) is 10.7. The van der Waals surface area contributed by atoms with Gasteiger partial charge in [0.05, 0.1) is 18.4 Å². The van der Waals surface area contributed by atoms with Gasteiger partial charge in [0, 0.05) is 11.8 Å². The molecule has 0 saturated heterocycles. The van der Waals surface area contributed by atoms with Crippen molar-refractivity contribution in [1.29, 1.82) is 0 Å². The van der Waals surface area contributed by atoms with E-state index >= 15 is 0 Å². The van der Waals surface area contributed by atoms with Crippen molar-refractivity contribution < 1.29 is 14.6 Å². The van der Waals surface area contributed by atoms with Crippen molar-refractivity contribution in [3.05, 3.63) is 24.0 Å². The van der Waals surface area contributed by atoms with Gasteiger partial charge in [-0.1, -0.05) is 12.2 Å². The SMILES string of the molecule is O=C(O)C1=COCC2C=CCC12. The summed E-state index contributed by atoms with van der Waals surface area (Å²) in [5, 5.41) is 8.81. The van der Waals surface area contributed by atoms with Crippen LogP contribution < -0.4 is 0 Å². The van der Waals surface area contributed by atoms with Crippen LogP contribution >= 0.6 is 0 Å². The zero-order valence-corrected chi connectivity index (χ0v) is 6.56. The van der Waals surface area contributed by atoms with E-state index in [2.05, 4.69) is 0 Å². The molecular weight excluding hydrogens is 156 g/mol. The first-order valence-electron chi connectivity index (χ1n) is 4.00. The Morgan fingerprint density at radius 2 is 2.50 bits per heavy atom. The van der Waals surface area contributed by atoms with Crippen LogP contribution in [0, 0.1) is 11.8 Å². The lowest BCUT2D eigenvalue weighted by atomic mass is 9.88. The Kier molecular flexibility index (Phi) is 1.64. The number of ether oxygens (including phenoxy) is 1. The zero-order chi connectivity index (χ0) is 8.55. The first-order valence-corrected chi connectivity index (χ1v) is 4.00. The van der Waals surface area contributed by atoms with Crippen LogP contribution in [0.25, 0.3) is 0 Å². The fourth-order valence-corrected chi connectivity index (χ4v) is 1.78. The van der Waals surface area contributed by atoms with Crippen LogP contribution in [0.15, 0.2) is 24.0 Å². The Morgan fingerprint density at radius 1 is 1.67 bits per heavy atom. The van der Waals surface area contributed by atoms with Crippen LogP contribution in [0.1, 0.15) is 6.42 Å². The van der Waals surface area contributed by atoms with Crippen LogP contribution in [0.2, 0.25) is 0 Å². The highest BCUT2D eigenvalue weighted by molar-refractivity contribution is 5.87. The summed E-state index contributed by atoms with van der Waals surface area (Å²) in [6, 6.07) is 0. The third-order valence-corrected chi connectivity index (χ3v) is 2.44. The molecule has 0 aromatic heterocycles. The maximum atomic E-state index is 10.7. The molecule has 2 rings (SSSR count). The molecule has 0 saturated carbocycles. The number of carboxylic acid groups (broad SMARTS) is 1. The molecule has 3 nitrogen and oxygen atoms in total. The van der Waals surface area contributed by atoms with Gasteiger partial charge in [0.15, 0.2) is 0 Å². The van der Waals surface area contributed by atoms with Crippen molar-refractivity contribution in [2.24, 2.45) is 11.8 Å². The van der Waals surface area contributed by atoms with E-state index in [-0.39, 0.29) is 11.8 Å². The lowest BCUT2D eigenvalue weighted by molar-refractivity contribution is -0.134. The number of hydrogen-bond donors (Lipinski definition) is 1. The summed E-state index contributed by atoms with van der Waals surface area (Å²) in [6.07, 6.45) is 6.30. The molecule has 1 heterocycles. The molecule has 0 amide bonds. The van der Waals surface area contributed by atoms with Crippen LogP contribution in [0.4, 0.5) is 0 Å². The van der Waals surface area contributed by atoms with Gasteiger partial charge in [0.2, 0.25) is 0 Å². The molecule has 0 aromatic carbocycles. The highest BCUT2D eigenvalue weighted by Gasteiger charge is 2.33. The minimum Gasteiger partial charge on any atom is -0.500 e. The second kappa shape index (κ2) is 2.66. The molecule has 2 aliphatic rings. The summed E-state index contributed by atoms with van der Waals surface area (Å²) in [5.41, 5.74) is 0.413. The lowest BCUT2D eigenvalue weighted by Gasteiger charge is -2.23. The van der Waals surface area contributed by atoms with Crippen molar-refractivity contribution in [2.75, 3.05) is 6.61 Å². The number of carbonyl (C=O) groups is 1. The molecule has 1 aliphatic carbocycles. The van der Waals surface area contributed by atoms with Gasteiger partial charge in [-0.2, -0.15) is 0 Å². The molecule has 64 valence electrons. The van der Waals surface area contributed by atoms with Gasteiger partial charge in [-0.3, -0.25) is 0 Å². The average molecular weight is 166 g/mol. The maximum absolute atomic E-state index is 10.7. The van der Waals surface area contributed by atoms with Gasteiger partial charge in [-0.05, 0) is 6.42 Å². The number of fused-ring (bicyclic) bond motifs is 1. The van der Waals surface area contributed by atoms with Crippen LogP contribution in [0.5, 0.6) is 0 Å². The predicted molar refractivity (Wildman–Crippen MR) is 42.4 cm³/mol. The molecule has 2 atom stereocenters. The molecule has 12 heavy (non-hydrogen) atoms. The van der Waals surface area contributed by atoms with Crippen molar-refractivity contribution in [3.8, 4) is 0 Å². The minimum atomic E-state index is -0.853. The normalized spacial score (nSPS) is 32.2. The molecule has 2 unspecified atom stereocenters. The van der Waals surface area contributed by atoms with E-state index in [1.165, 1.54) is 6.26 Å². The first kappa shape index (κ1) is 7.40. The smallest absolute Gasteiger partial charge is 0.335 e. The summed E-state index contributed by atoms with van der Waals surface area (Å²) in [6.45, 7) is 0.623. The Labute approximate surface area is 70.3 Å². The van der Waals surface area contributed by atoms with E-state index < -0.39 is 5.97 Å². The van der Waals surface area contributed by atoms with Gasteiger partial charge < -0.3 is 9.84 Å². The Bertz CT molecular complexity index is 265. The highest BCUT2D eigenvalue weighted by atomic mass is 16.5. The number of carboxylic acids is 1. The number of allylic oxidation sites excluding steroid dienone is 1. The lowest BCUT2D eigenvalue weighted by Crippen LogP contribution is -2.24. The third kappa shape index (κ3) is 1.02. The van der Waals surface area contributed by atoms with Crippen LogP contribution in [-0.2, 0) is 9.53 Å². The molecule has 1 N–H and O–H groups in total. The quantitative estimate of drug-likeness (QED) is 0.595. The van der Waals surface area contributed by atoms with Crippen molar-refractivity contribution in [2.45, 2.75) is 6.42 Å². The third-order valence-electron chi connectivity index (χ3n) is 2.44. The molecule has 0 spiro atoms. The van der Waals surface area contributed by atoms with E-state index in [0.717, 1.165) is 6.42 Å². The van der Waals surface area contributed by atoms with E-state index in [4.69, 9.17) is 9.84 Å². The predicted octanol–water partition coefficient (Wildman–Crippen LogP) is 1.18. The second-order valence-corrected chi connectivity index (χ2v) is 3.15. The van der Waals surface area contributed by atoms with Gasteiger partial charge in [0.25, 0.3) is 0 Å². The van der Waals surface area contributed by atoms with Gasteiger partial charge >= 0.3 is 5.97 Å². The standard InChI is InChI=1S/C9H10O3/c10-9(11)8-5-12-4-6-2-1-3-7(6)8/h1-2,5-7H,3-4H2,(H,10,11). The molecule has 0 fully saturated rings. The van der Waals surface area contributed by atoms with Gasteiger partial charge in [0.1, 0.15) is 0 Å². The van der Waals surface area contributed by atoms with E-state index in [9.17, 15) is 4.79 Å². The van der Waals surface area contributed by atoms with Gasteiger partial charge in [-0.25, -0.2) is 4.79 Å². The largest absolute Gasteiger partial charge is 0.500 e. The molecule has 0 radical (unpaired) electrons. The van der Waals surface area contributed by atoms with Crippen molar-refractivity contribution in [1.82, 2.24) is 0 Å². The molecule has 3 heteroatoms. The molecule has 0 aromatic rings. The maximum Gasteiger partial charge on any atom is 0.335 e. The first-order chi connectivity index (χ1) is 5.79. The molecule has 0 bridgehead atoms. The number of hydrogen-bond acceptors (Lipinski definition) is 2. The Hall–Kier alpha value is -1.25. The fraction of sp³-hybridized carbons (Fsp3) is 0.444. The molecule has 1 aliphatic heterocycles. The second-order valence-electron chi connectivity index (χ2n) is 3.15. The summed E-state index contributed by atoms with van der Waals surface area (Å²) < 4.78 is 5.06. The topological polar surface area (TPSA) is 46.5 Å². The van der Waals surface area contributed by atoms with E-state index in [1.54, 1.807) is 0 Å². The fourth-order valence-electron chi connectivity index (χ4n) is 1.78. The Morgan fingerprint density at radius 3 is 3.25 bits per heavy atom. The monoisotopic (exact) mass is 166 g/mol. The summed E-state index contributed by atoms with van der Waals surface area (Å²) in [5.74, 6) is -0.425. The average Bonchev–Trinajstić information content (AvgIpc) is 2.49. The minimum absolute atomic E-state index is 0.149. The summed E-state index contributed by atoms with van der Waals surface area (Å²) >= 11 is 0. The van der Waals surface area contributed by atoms with Crippen molar-refractivity contribution >= 4 is 5.97 Å². The summed E-state index contributed by atoms with van der Waals surface area (Å²) in [7, 11) is 0. The number of rotatable bonds is 1. The van der Waals surface area contributed by atoms with E-state index in [1.807, 2.05) is 12.2 Å². The van der Waals surface area contributed by atoms with E-state index in [0.29, 0.717) is 12.2 Å². The Balaban J connectivity index is 2.24. The zero-order valence-electron chi connectivity index (χ0n) is 6.56. The number of aliphatic carboxylic acids is 1. The van der Waals surface area contributed by atoms with Gasteiger partial charge in [-0.15, -0.1) is 0 Å². The molecular formula is C9H10O3. The van der Waals surface area contributed by atoms with Crippen molar-refractivity contribution in [3.63, 3.8) is 0 Å².